The highest BCUT2D eigenvalue weighted by atomic mass is 32.2. The van der Waals surface area contributed by atoms with Crippen LogP contribution in [0.2, 0.25) is 0 Å². The first kappa shape index (κ1) is 32.3. The number of benzene rings is 4. The highest BCUT2D eigenvalue weighted by Gasteiger charge is 2.34. The van der Waals surface area contributed by atoms with Crippen LogP contribution in [0, 0.1) is 6.92 Å². The number of carbonyl (C=O) groups is 2. The van der Waals surface area contributed by atoms with E-state index in [4.69, 9.17) is 4.74 Å². The monoisotopic (exact) mass is 613 g/mol. The van der Waals surface area contributed by atoms with Gasteiger partial charge in [-0.1, -0.05) is 85.3 Å². The summed E-state index contributed by atoms with van der Waals surface area (Å²) in [6.45, 7) is 4.00. The van der Waals surface area contributed by atoms with Crippen LogP contribution >= 0.6 is 0 Å². The number of sulfonamides is 1. The molecule has 0 heterocycles. The van der Waals surface area contributed by atoms with Crippen molar-refractivity contribution in [1.82, 2.24) is 10.2 Å². The molecule has 8 nitrogen and oxygen atoms in total. The molecule has 0 saturated carbocycles. The molecule has 2 amide bonds. The molecule has 0 aliphatic heterocycles. The average Bonchev–Trinajstić information content (AvgIpc) is 3.05. The molecule has 0 aliphatic carbocycles. The lowest BCUT2D eigenvalue weighted by atomic mass is 10.0. The molecule has 0 aliphatic rings. The summed E-state index contributed by atoms with van der Waals surface area (Å²) in [6.07, 6.45) is 0.998. The number of nitrogens with one attached hydrogen (secondary N) is 1. The number of hydrogen-bond acceptors (Lipinski definition) is 5. The van der Waals surface area contributed by atoms with Crippen molar-refractivity contribution in [2.24, 2.45) is 0 Å². The second kappa shape index (κ2) is 15.2. The predicted octanol–water partition coefficient (Wildman–Crippen LogP) is 5.37. The van der Waals surface area contributed by atoms with Gasteiger partial charge in [0.25, 0.3) is 10.0 Å². The summed E-state index contributed by atoms with van der Waals surface area (Å²) in [5.74, 6) is -0.250. The van der Waals surface area contributed by atoms with E-state index >= 15 is 0 Å². The van der Waals surface area contributed by atoms with Crippen molar-refractivity contribution in [1.29, 1.82) is 0 Å². The van der Waals surface area contributed by atoms with Crippen molar-refractivity contribution >= 4 is 27.5 Å². The van der Waals surface area contributed by atoms with Crippen molar-refractivity contribution < 1.29 is 22.7 Å². The lowest BCUT2D eigenvalue weighted by molar-refractivity contribution is -0.140. The molecule has 1 atom stereocenters. The maximum atomic E-state index is 14.4. The molecule has 4 aromatic carbocycles. The Kier molecular flexibility index (Phi) is 11.2. The largest absolute Gasteiger partial charge is 0.497 e. The number of nitrogens with zero attached hydrogens (tertiary/aromatic N) is 2. The van der Waals surface area contributed by atoms with E-state index in [1.165, 1.54) is 24.1 Å². The lowest BCUT2D eigenvalue weighted by Crippen LogP contribution is -2.53. The smallest absolute Gasteiger partial charge is 0.264 e. The van der Waals surface area contributed by atoms with Crippen molar-refractivity contribution in [3.63, 3.8) is 0 Å². The fraction of sp³-hybridized carbons (Fsp3) is 0.257. The molecule has 0 spiro atoms. The van der Waals surface area contributed by atoms with Crippen molar-refractivity contribution in [3.05, 3.63) is 126 Å². The number of ether oxygens (including phenoxy) is 1. The van der Waals surface area contributed by atoms with Crippen LogP contribution in [-0.4, -0.2) is 51.4 Å². The molecule has 1 unspecified atom stereocenters. The van der Waals surface area contributed by atoms with E-state index in [-0.39, 0.29) is 23.8 Å². The normalized spacial score (nSPS) is 11.8. The van der Waals surface area contributed by atoms with Crippen LogP contribution in [0.1, 0.15) is 30.0 Å². The van der Waals surface area contributed by atoms with Crippen molar-refractivity contribution in [2.45, 2.75) is 44.2 Å². The van der Waals surface area contributed by atoms with Gasteiger partial charge in [0.1, 0.15) is 18.3 Å². The topological polar surface area (TPSA) is 96.0 Å². The maximum Gasteiger partial charge on any atom is 0.264 e. The number of amides is 2. The molecule has 0 bridgehead atoms. The Morgan fingerprint density at radius 3 is 2.02 bits per heavy atom. The third-order valence-corrected chi connectivity index (χ3v) is 9.05. The van der Waals surface area contributed by atoms with E-state index < -0.39 is 28.5 Å². The predicted molar refractivity (Wildman–Crippen MR) is 173 cm³/mol. The van der Waals surface area contributed by atoms with Crippen LogP contribution < -0.4 is 14.4 Å². The Morgan fingerprint density at radius 2 is 1.43 bits per heavy atom. The van der Waals surface area contributed by atoms with E-state index in [1.807, 2.05) is 68.4 Å². The number of aryl methyl sites for hydroxylation is 1. The number of hydrogen-bond donors (Lipinski definition) is 1. The summed E-state index contributed by atoms with van der Waals surface area (Å²) in [5, 5.41) is 2.96. The summed E-state index contributed by atoms with van der Waals surface area (Å²) in [5.41, 5.74) is 3.07. The van der Waals surface area contributed by atoms with Gasteiger partial charge in [0, 0.05) is 19.5 Å². The van der Waals surface area contributed by atoms with Crippen LogP contribution in [0.25, 0.3) is 0 Å². The van der Waals surface area contributed by atoms with Gasteiger partial charge in [-0.25, -0.2) is 8.42 Å². The van der Waals surface area contributed by atoms with Gasteiger partial charge in [-0.15, -0.1) is 0 Å². The second-order valence-corrected chi connectivity index (χ2v) is 12.4. The van der Waals surface area contributed by atoms with Gasteiger partial charge in [-0.05, 0) is 60.9 Å². The van der Waals surface area contributed by atoms with Gasteiger partial charge >= 0.3 is 0 Å². The summed E-state index contributed by atoms with van der Waals surface area (Å²) in [7, 11) is -2.63. The third kappa shape index (κ3) is 8.26. The molecule has 4 aromatic rings. The highest BCUT2D eigenvalue weighted by Crippen LogP contribution is 2.27. The summed E-state index contributed by atoms with van der Waals surface area (Å²) < 4.78 is 34.4. The Labute approximate surface area is 260 Å². The fourth-order valence-electron chi connectivity index (χ4n) is 4.81. The fourth-order valence-corrected chi connectivity index (χ4v) is 6.24. The van der Waals surface area contributed by atoms with Gasteiger partial charge in [0.15, 0.2) is 0 Å². The molecule has 1 N–H and O–H groups in total. The second-order valence-electron chi connectivity index (χ2n) is 10.5. The van der Waals surface area contributed by atoms with Crippen LogP contribution in [0.3, 0.4) is 0 Å². The zero-order chi connectivity index (χ0) is 31.5. The number of rotatable bonds is 14. The van der Waals surface area contributed by atoms with Gasteiger partial charge in [0.05, 0.1) is 17.7 Å². The van der Waals surface area contributed by atoms with Crippen molar-refractivity contribution in [2.75, 3.05) is 24.5 Å². The Bertz CT molecular complexity index is 1610. The van der Waals surface area contributed by atoms with E-state index in [9.17, 15) is 18.0 Å². The molecular formula is C35H39N3O5S. The minimum atomic E-state index is -4.16. The first-order valence-electron chi connectivity index (χ1n) is 14.6. The van der Waals surface area contributed by atoms with E-state index in [0.29, 0.717) is 18.0 Å². The molecule has 0 saturated heterocycles. The molecule has 230 valence electrons. The van der Waals surface area contributed by atoms with E-state index in [0.717, 1.165) is 27.4 Å². The molecule has 44 heavy (non-hydrogen) atoms. The summed E-state index contributed by atoms with van der Waals surface area (Å²) in [4.78, 5) is 29.7. The van der Waals surface area contributed by atoms with Crippen LogP contribution in [-0.2, 0) is 32.6 Å². The first-order chi connectivity index (χ1) is 21.2. The number of carbonyl (C=O) groups excluding carboxylic acids is 2. The molecule has 0 aromatic heterocycles. The van der Waals surface area contributed by atoms with E-state index in [1.54, 1.807) is 42.5 Å². The SMILES string of the molecule is CCCNC(=O)C(Cc1ccccc1)N(Cc1ccc(C)cc1)C(=O)CN(c1ccc(OC)cc1)S(=O)(=O)c1ccccc1. The van der Waals surface area contributed by atoms with Crippen LogP contribution in [0.4, 0.5) is 5.69 Å². The minimum absolute atomic E-state index is 0.0511. The highest BCUT2D eigenvalue weighted by molar-refractivity contribution is 7.92. The molecule has 0 fully saturated rings. The zero-order valence-corrected chi connectivity index (χ0v) is 26.2. The van der Waals surface area contributed by atoms with E-state index in [2.05, 4.69) is 5.32 Å². The Morgan fingerprint density at radius 1 is 0.818 bits per heavy atom. The first-order valence-corrected chi connectivity index (χ1v) is 16.1. The molecule has 9 heteroatoms. The number of anilines is 1. The Hall–Kier alpha value is -4.63. The van der Waals surface area contributed by atoms with Gasteiger partial charge in [-0.2, -0.15) is 0 Å². The number of methoxy groups -OCH3 is 1. The maximum absolute atomic E-state index is 14.4. The van der Waals surface area contributed by atoms with Crippen LogP contribution in [0.5, 0.6) is 5.75 Å². The zero-order valence-electron chi connectivity index (χ0n) is 25.3. The van der Waals surface area contributed by atoms with Gasteiger partial charge < -0.3 is 15.0 Å². The van der Waals surface area contributed by atoms with Gasteiger partial charge in [-0.3, -0.25) is 13.9 Å². The Balaban J connectivity index is 1.78. The van der Waals surface area contributed by atoms with Crippen LogP contribution in [0.15, 0.2) is 114 Å². The summed E-state index contributed by atoms with van der Waals surface area (Å²) >= 11 is 0. The summed E-state index contributed by atoms with van der Waals surface area (Å²) in [6, 6.07) is 30.9. The minimum Gasteiger partial charge on any atom is -0.497 e. The third-order valence-electron chi connectivity index (χ3n) is 7.26. The lowest BCUT2D eigenvalue weighted by Gasteiger charge is -2.34. The molecule has 4 rings (SSSR count). The molecule has 0 radical (unpaired) electrons. The quantitative estimate of drug-likeness (QED) is 0.207. The standard InChI is InChI=1S/C35H39N3O5S/c1-4-23-36-35(40)33(24-28-11-7-5-8-12-28)37(25-29-17-15-27(2)16-18-29)34(39)26-38(30-19-21-31(43-3)22-20-30)44(41,42)32-13-9-6-10-14-32/h5-22,33H,4,23-26H2,1-3H3,(H,36,40). The van der Waals surface area contributed by atoms with Gasteiger partial charge in [0.2, 0.25) is 11.8 Å². The van der Waals surface area contributed by atoms with Crippen molar-refractivity contribution in [3.8, 4) is 5.75 Å². The average molecular weight is 614 g/mol. The molecular weight excluding hydrogens is 574 g/mol.